The van der Waals surface area contributed by atoms with Gasteiger partial charge in [-0.05, 0) is 36.4 Å². The number of hydrogen-bond acceptors (Lipinski definition) is 4. The van der Waals surface area contributed by atoms with Crippen LogP contribution in [0.5, 0.6) is 5.75 Å². The molecule has 2 aromatic rings. The SMILES string of the molecule is O=C(Cl)Oc1ccc(N=Nc2ccccc2)cc1. The first-order valence-corrected chi connectivity index (χ1v) is 5.56. The van der Waals surface area contributed by atoms with Gasteiger partial charge in [-0.1, -0.05) is 18.2 Å². The first-order chi connectivity index (χ1) is 8.74. The number of rotatable bonds is 3. The second-order valence-corrected chi connectivity index (χ2v) is 3.68. The number of azo groups is 1. The molecule has 18 heavy (non-hydrogen) atoms. The average molecular weight is 261 g/mol. The van der Waals surface area contributed by atoms with E-state index in [-0.39, 0.29) is 0 Å². The normalized spacial score (nSPS) is 10.5. The number of benzene rings is 2. The Morgan fingerprint density at radius 2 is 1.44 bits per heavy atom. The minimum atomic E-state index is -0.867. The fourth-order valence-electron chi connectivity index (χ4n) is 1.28. The van der Waals surface area contributed by atoms with Gasteiger partial charge in [-0.2, -0.15) is 10.2 Å². The molecule has 0 unspecified atom stereocenters. The maximum absolute atomic E-state index is 10.5. The van der Waals surface area contributed by atoms with Crippen molar-refractivity contribution in [3.05, 3.63) is 54.6 Å². The molecule has 2 rings (SSSR count). The van der Waals surface area contributed by atoms with Gasteiger partial charge in [0.25, 0.3) is 0 Å². The molecule has 0 radical (unpaired) electrons. The lowest BCUT2D eigenvalue weighted by Crippen LogP contribution is -1.94. The second kappa shape index (κ2) is 5.93. The Morgan fingerprint density at radius 1 is 0.889 bits per heavy atom. The van der Waals surface area contributed by atoms with Crippen LogP contribution >= 0.6 is 11.6 Å². The molecule has 0 aromatic heterocycles. The maximum Gasteiger partial charge on any atom is 0.409 e. The zero-order chi connectivity index (χ0) is 12.8. The molecule has 2 aromatic carbocycles. The molecule has 0 aliphatic carbocycles. The zero-order valence-electron chi connectivity index (χ0n) is 9.29. The predicted octanol–water partition coefficient (Wildman–Crippen LogP) is 4.84. The predicted molar refractivity (Wildman–Crippen MR) is 68.9 cm³/mol. The van der Waals surface area contributed by atoms with Crippen molar-refractivity contribution in [1.82, 2.24) is 0 Å². The number of hydrogen-bond donors (Lipinski definition) is 0. The molecule has 0 saturated carbocycles. The summed E-state index contributed by atoms with van der Waals surface area (Å²) in [7, 11) is 0. The average Bonchev–Trinajstić information content (AvgIpc) is 2.38. The molecule has 0 bridgehead atoms. The molecule has 0 fully saturated rings. The van der Waals surface area contributed by atoms with Gasteiger partial charge < -0.3 is 4.74 Å². The van der Waals surface area contributed by atoms with Crippen molar-refractivity contribution in [3.63, 3.8) is 0 Å². The van der Waals surface area contributed by atoms with Crippen molar-refractivity contribution >= 4 is 28.4 Å². The summed E-state index contributed by atoms with van der Waals surface area (Å²) in [6, 6.07) is 16.0. The number of carbonyl (C=O) groups excluding carboxylic acids is 1. The van der Waals surface area contributed by atoms with E-state index in [1.165, 1.54) is 0 Å². The highest BCUT2D eigenvalue weighted by Gasteiger charge is 1.99. The Kier molecular flexibility index (Phi) is 4.04. The van der Waals surface area contributed by atoms with Gasteiger partial charge in [-0.15, -0.1) is 0 Å². The summed E-state index contributed by atoms with van der Waals surface area (Å²) in [5.74, 6) is 0.369. The van der Waals surface area contributed by atoms with E-state index in [0.29, 0.717) is 11.4 Å². The summed E-state index contributed by atoms with van der Waals surface area (Å²) < 4.78 is 4.69. The van der Waals surface area contributed by atoms with E-state index in [0.717, 1.165) is 5.69 Å². The van der Waals surface area contributed by atoms with E-state index in [9.17, 15) is 4.79 Å². The van der Waals surface area contributed by atoms with E-state index < -0.39 is 5.43 Å². The molecular weight excluding hydrogens is 252 g/mol. The van der Waals surface area contributed by atoms with Crippen LogP contribution in [0.3, 0.4) is 0 Å². The Bertz CT molecular complexity index is 553. The second-order valence-electron chi connectivity index (χ2n) is 3.37. The molecule has 0 saturated heterocycles. The standard InChI is InChI=1S/C13H9ClN2O2/c14-13(17)18-12-8-6-11(7-9-12)16-15-10-4-2-1-3-5-10/h1-9H. The van der Waals surface area contributed by atoms with Crippen molar-refractivity contribution in [2.24, 2.45) is 10.2 Å². The van der Waals surface area contributed by atoms with Crippen LogP contribution < -0.4 is 4.74 Å². The van der Waals surface area contributed by atoms with Gasteiger partial charge in [-0.3, -0.25) is 0 Å². The third-order valence-electron chi connectivity index (χ3n) is 2.07. The minimum Gasteiger partial charge on any atom is -0.415 e. The Labute approximate surface area is 109 Å². The van der Waals surface area contributed by atoms with Crippen molar-refractivity contribution < 1.29 is 9.53 Å². The lowest BCUT2D eigenvalue weighted by atomic mass is 10.3. The molecule has 0 amide bonds. The van der Waals surface area contributed by atoms with Crippen LogP contribution in [0.4, 0.5) is 16.2 Å². The Hall–Kier alpha value is -2.20. The summed E-state index contributed by atoms with van der Waals surface area (Å²) in [5.41, 5.74) is 0.565. The van der Waals surface area contributed by atoms with Crippen LogP contribution in [-0.4, -0.2) is 5.43 Å². The summed E-state index contributed by atoms with van der Waals surface area (Å²) >= 11 is 5.09. The highest BCUT2D eigenvalue weighted by atomic mass is 35.5. The van der Waals surface area contributed by atoms with E-state index >= 15 is 0 Å². The van der Waals surface area contributed by atoms with Crippen LogP contribution in [0.25, 0.3) is 0 Å². The van der Waals surface area contributed by atoms with Crippen molar-refractivity contribution in [1.29, 1.82) is 0 Å². The summed E-state index contributed by atoms with van der Waals surface area (Å²) in [6.45, 7) is 0. The molecule has 0 aliphatic rings. The van der Waals surface area contributed by atoms with E-state index in [2.05, 4.69) is 15.0 Å². The van der Waals surface area contributed by atoms with Crippen molar-refractivity contribution in [2.45, 2.75) is 0 Å². The van der Waals surface area contributed by atoms with Gasteiger partial charge in [0.1, 0.15) is 5.75 Å². The molecule has 5 heteroatoms. The third-order valence-corrected chi connectivity index (χ3v) is 2.15. The van der Waals surface area contributed by atoms with Gasteiger partial charge in [0.15, 0.2) is 0 Å². The molecule has 90 valence electrons. The number of ether oxygens (including phenoxy) is 1. The Balaban J connectivity index is 2.06. The van der Waals surface area contributed by atoms with Crippen LogP contribution in [0.2, 0.25) is 0 Å². The molecule has 0 heterocycles. The van der Waals surface area contributed by atoms with Crippen molar-refractivity contribution in [3.8, 4) is 5.75 Å². The van der Waals surface area contributed by atoms with Gasteiger partial charge in [-0.25, -0.2) is 4.79 Å². The Morgan fingerprint density at radius 3 is 2.00 bits per heavy atom. The number of carbonyl (C=O) groups is 1. The molecule has 0 spiro atoms. The lowest BCUT2D eigenvalue weighted by Gasteiger charge is -1.98. The largest absolute Gasteiger partial charge is 0.415 e. The molecule has 0 atom stereocenters. The molecule has 0 N–H and O–H groups in total. The van der Waals surface area contributed by atoms with Crippen LogP contribution in [0.1, 0.15) is 0 Å². The first-order valence-electron chi connectivity index (χ1n) is 5.18. The molecular formula is C13H9ClN2O2. The fraction of sp³-hybridized carbons (Fsp3) is 0. The van der Waals surface area contributed by atoms with E-state index in [1.807, 2.05) is 30.3 Å². The van der Waals surface area contributed by atoms with Crippen LogP contribution in [0, 0.1) is 0 Å². The molecule has 0 aliphatic heterocycles. The van der Waals surface area contributed by atoms with Gasteiger partial charge in [0.2, 0.25) is 0 Å². The summed E-state index contributed by atoms with van der Waals surface area (Å²) in [5, 5.41) is 8.11. The summed E-state index contributed by atoms with van der Waals surface area (Å²) in [6.07, 6.45) is 0. The van der Waals surface area contributed by atoms with Crippen LogP contribution in [-0.2, 0) is 0 Å². The smallest absolute Gasteiger partial charge is 0.409 e. The lowest BCUT2D eigenvalue weighted by molar-refractivity contribution is 0.225. The minimum absolute atomic E-state index is 0.369. The maximum atomic E-state index is 10.5. The molecule has 4 nitrogen and oxygen atoms in total. The third kappa shape index (κ3) is 3.68. The first kappa shape index (κ1) is 12.3. The highest BCUT2D eigenvalue weighted by molar-refractivity contribution is 6.61. The monoisotopic (exact) mass is 260 g/mol. The highest BCUT2D eigenvalue weighted by Crippen LogP contribution is 2.21. The van der Waals surface area contributed by atoms with Gasteiger partial charge in [0.05, 0.1) is 11.4 Å². The van der Waals surface area contributed by atoms with E-state index in [1.54, 1.807) is 24.3 Å². The quantitative estimate of drug-likeness (QED) is 0.586. The zero-order valence-corrected chi connectivity index (χ0v) is 10.0. The summed E-state index contributed by atoms with van der Waals surface area (Å²) in [4.78, 5) is 10.5. The van der Waals surface area contributed by atoms with E-state index in [4.69, 9.17) is 11.6 Å². The van der Waals surface area contributed by atoms with Crippen LogP contribution in [0.15, 0.2) is 64.8 Å². The van der Waals surface area contributed by atoms with Gasteiger partial charge >= 0.3 is 5.43 Å². The number of halogens is 1. The van der Waals surface area contributed by atoms with Gasteiger partial charge in [0, 0.05) is 11.6 Å². The van der Waals surface area contributed by atoms with Crippen molar-refractivity contribution in [2.75, 3.05) is 0 Å². The topological polar surface area (TPSA) is 51.0 Å². The number of nitrogens with zero attached hydrogens (tertiary/aromatic N) is 2. The fourth-order valence-corrected chi connectivity index (χ4v) is 1.37.